The molecular formula is C10H10OS2. The van der Waals surface area contributed by atoms with Crippen molar-refractivity contribution in [3.05, 3.63) is 23.1 Å². The van der Waals surface area contributed by atoms with Crippen LogP contribution in [0.4, 0.5) is 0 Å². The van der Waals surface area contributed by atoms with E-state index in [1.165, 1.54) is 9.60 Å². The molecule has 2 rings (SSSR count). The second-order valence-electron chi connectivity index (χ2n) is 2.84. The molecule has 0 saturated heterocycles. The maximum atomic E-state index is 9.72. The second kappa shape index (κ2) is 3.24. The van der Waals surface area contributed by atoms with E-state index < -0.39 is 0 Å². The van der Waals surface area contributed by atoms with Crippen molar-refractivity contribution in [2.45, 2.75) is 11.8 Å². The first-order valence-electron chi connectivity index (χ1n) is 3.99. The van der Waals surface area contributed by atoms with Crippen LogP contribution in [-0.2, 0) is 0 Å². The van der Waals surface area contributed by atoms with Crippen molar-refractivity contribution in [1.82, 2.24) is 0 Å². The van der Waals surface area contributed by atoms with Crippen molar-refractivity contribution in [1.29, 1.82) is 0 Å². The van der Waals surface area contributed by atoms with Crippen molar-refractivity contribution >= 4 is 33.2 Å². The van der Waals surface area contributed by atoms with Gasteiger partial charge in [-0.25, -0.2) is 0 Å². The molecule has 2 aromatic rings. The van der Waals surface area contributed by atoms with Crippen molar-refractivity contribution in [2.75, 3.05) is 6.26 Å². The molecule has 0 amide bonds. The number of benzene rings is 1. The summed E-state index contributed by atoms with van der Waals surface area (Å²) >= 11 is 3.38. The summed E-state index contributed by atoms with van der Waals surface area (Å²) in [6.07, 6.45) is 2.06. The summed E-state index contributed by atoms with van der Waals surface area (Å²) in [6, 6.07) is 6.04. The molecule has 0 saturated carbocycles. The minimum atomic E-state index is 0.441. The van der Waals surface area contributed by atoms with Crippen LogP contribution in [0.1, 0.15) is 4.88 Å². The van der Waals surface area contributed by atoms with Gasteiger partial charge in [-0.2, -0.15) is 0 Å². The smallest absolute Gasteiger partial charge is 0.137 e. The number of aryl methyl sites for hydroxylation is 1. The van der Waals surface area contributed by atoms with Crippen LogP contribution in [0.3, 0.4) is 0 Å². The molecule has 0 spiro atoms. The van der Waals surface area contributed by atoms with Gasteiger partial charge in [0.15, 0.2) is 0 Å². The maximum absolute atomic E-state index is 9.72. The Morgan fingerprint density at radius 3 is 2.85 bits per heavy atom. The van der Waals surface area contributed by atoms with Crippen LogP contribution in [0, 0.1) is 6.92 Å². The maximum Gasteiger partial charge on any atom is 0.137 e. The van der Waals surface area contributed by atoms with Gasteiger partial charge in [0.05, 0.1) is 4.70 Å². The van der Waals surface area contributed by atoms with Crippen LogP contribution in [0.5, 0.6) is 5.75 Å². The molecule has 3 heteroatoms. The molecule has 1 aromatic carbocycles. The molecule has 0 aliphatic heterocycles. The van der Waals surface area contributed by atoms with E-state index in [1.54, 1.807) is 23.1 Å². The molecule has 1 N–H and O–H groups in total. The monoisotopic (exact) mass is 210 g/mol. The van der Waals surface area contributed by atoms with Gasteiger partial charge in [0.25, 0.3) is 0 Å². The normalized spacial score (nSPS) is 10.9. The fourth-order valence-corrected chi connectivity index (χ4v) is 3.20. The summed E-state index contributed by atoms with van der Waals surface area (Å²) in [7, 11) is 0. The number of thiophene rings is 1. The Balaban J connectivity index is 2.84. The zero-order valence-electron chi connectivity index (χ0n) is 7.50. The van der Waals surface area contributed by atoms with Crippen molar-refractivity contribution in [2.24, 2.45) is 0 Å². The number of thioether (sulfide) groups is 1. The molecule has 0 bridgehead atoms. The van der Waals surface area contributed by atoms with E-state index in [0.29, 0.717) is 5.75 Å². The Labute approximate surface area is 85.4 Å². The highest BCUT2D eigenvalue weighted by Gasteiger charge is 2.09. The summed E-state index contributed by atoms with van der Waals surface area (Å²) < 4.78 is 1.20. The quantitative estimate of drug-likeness (QED) is 0.725. The highest BCUT2D eigenvalue weighted by molar-refractivity contribution is 7.99. The van der Waals surface area contributed by atoms with E-state index in [0.717, 1.165) is 10.3 Å². The lowest BCUT2D eigenvalue weighted by Crippen LogP contribution is -1.69. The first-order valence-corrected chi connectivity index (χ1v) is 6.03. The average molecular weight is 210 g/mol. The van der Waals surface area contributed by atoms with E-state index in [2.05, 4.69) is 12.3 Å². The van der Waals surface area contributed by atoms with Crippen molar-refractivity contribution in [3.8, 4) is 5.75 Å². The van der Waals surface area contributed by atoms with Crippen LogP contribution in [0.15, 0.2) is 23.1 Å². The Bertz CT molecular complexity index is 445. The van der Waals surface area contributed by atoms with Gasteiger partial charge in [0, 0.05) is 15.2 Å². The second-order valence-corrected chi connectivity index (χ2v) is 4.92. The molecule has 13 heavy (non-hydrogen) atoms. The largest absolute Gasteiger partial charge is 0.506 e. The van der Waals surface area contributed by atoms with Gasteiger partial charge in [0.1, 0.15) is 5.75 Å². The average Bonchev–Trinajstić information content (AvgIpc) is 2.43. The molecule has 0 unspecified atom stereocenters. The van der Waals surface area contributed by atoms with Crippen molar-refractivity contribution in [3.63, 3.8) is 0 Å². The first kappa shape index (κ1) is 8.91. The SMILES string of the molecule is CSc1cccc2c(O)c(C)sc12. The molecule has 1 nitrogen and oxygen atoms in total. The summed E-state index contributed by atoms with van der Waals surface area (Å²) in [5, 5.41) is 10.7. The molecule has 1 aromatic heterocycles. The van der Waals surface area contributed by atoms with Gasteiger partial charge in [-0.3, -0.25) is 0 Å². The zero-order chi connectivity index (χ0) is 9.42. The Hall–Kier alpha value is -0.670. The highest BCUT2D eigenvalue weighted by atomic mass is 32.2. The van der Waals surface area contributed by atoms with E-state index in [4.69, 9.17) is 0 Å². The minimum Gasteiger partial charge on any atom is -0.506 e. The van der Waals surface area contributed by atoms with E-state index in [1.807, 2.05) is 19.1 Å². The van der Waals surface area contributed by atoms with Crippen LogP contribution < -0.4 is 0 Å². The van der Waals surface area contributed by atoms with Gasteiger partial charge in [-0.05, 0) is 25.3 Å². The fourth-order valence-electron chi connectivity index (χ4n) is 1.36. The summed E-state index contributed by atoms with van der Waals surface area (Å²) in [4.78, 5) is 2.24. The molecule has 0 aliphatic carbocycles. The standard InChI is InChI=1S/C10H10OS2/c1-6-9(11)7-4-3-5-8(12-2)10(7)13-6/h3-5,11H,1-2H3. The lowest BCUT2D eigenvalue weighted by molar-refractivity contribution is 0.480. The number of fused-ring (bicyclic) bond motifs is 1. The van der Waals surface area contributed by atoms with Crippen LogP contribution in [0.25, 0.3) is 10.1 Å². The zero-order valence-corrected chi connectivity index (χ0v) is 9.13. The topological polar surface area (TPSA) is 20.2 Å². The van der Waals surface area contributed by atoms with Gasteiger partial charge >= 0.3 is 0 Å². The van der Waals surface area contributed by atoms with Gasteiger partial charge in [0.2, 0.25) is 0 Å². The molecule has 0 aliphatic rings. The molecule has 0 fully saturated rings. The fraction of sp³-hybridized carbons (Fsp3) is 0.200. The third-order valence-electron chi connectivity index (χ3n) is 2.04. The number of aromatic hydroxyl groups is 1. The molecule has 0 atom stereocenters. The summed E-state index contributed by atoms with van der Waals surface area (Å²) in [5.41, 5.74) is 0. The molecular weight excluding hydrogens is 200 g/mol. The third-order valence-corrected chi connectivity index (χ3v) is 4.10. The predicted molar refractivity (Wildman–Crippen MR) is 60.0 cm³/mol. The Morgan fingerprint density at radius 1 is 1.38 bits per heavy atom. The third kappa shape index (κ3) is 1.32. The lowest BCUT2D eigenvalue weighted by Gasteiger charge is -1.96. The van der Waals surface area contributed by atoms with Crippen LogP contribution >= 0.6 is 23.1 Å². The lowest BCUT2D eigenvalue weighted by atomic mass is 10.2. The first-order chi connectivity index (χ1) is 6.24. The highest BCUT2D eigenvalue weighted by Crippen LogP contribution is 2.40. The van der Waals surface area contributed by atoms with E-state index >= 15 is 0 Å². The Morgan fingerprint density at radius 2 is 2.15 bits per heavy atom. The van der Waals surface area contributed by atoms with Gasteiger partial charge < -0.3 is 5.11 Å². The predicted octanol–water partition coefficient (Wildman–Crippen LogP) is 3.64. The summed E-state index contributed by atoms with van der Waals surface area (Å²) in [5.74, 6) is 0.441. The molecule has 1 heterocycles. The molecule has 0 radical (unpaired) electrons. The van der Waals surface area contributed by atoms with Gasteiger partial charge in [-0.1, -0.05) is 6.07 Å². The van der Waals surface area contributed by atoms with E-state index in [-0.39, 0.29) is 0 Å². The molecule has 68 valence electrons. The van der Waals surface area contributed by atoms with E-state index in [9.17, 15) is 5.11 Å². The minimum absolute atomic E-state index is 0.441. The van der Waals surface area contributed by atoms with Crippen LogP contribution in [-0.4, -0.2) is 11.4 Å². The number of hydrogen-bond acceptors (Lipinski definition) is 3. The number of hydrogen-bond donors (Lipinski definition) is 1. The van der Waals surface area contributed by atoms with Crippen LogP contribution in [0.2, 0.25) is 0 Å². The number of rotatable bonds is 1. The summed E-state index contributed by atoms with van der Waals surface area (Å²) in [6.45, 7) is 1.95. The van der Waals surface area contributed by atoms with Gasteiger partial charge in [-0.15, -0.1) is 23.1 Å². The van der Waals surface area contributed by atoms with Crippen molar-refractivity contribution < 1.29 is 5.11 Å². The Kier molecular flexibility index (Phi) is 2.22.